The van der Waals surface area contributed by atoms with Crippen LogP contribution in [-0.4, -0.2) is 23.2 Å². The summed E-state index contributed by atoms with van der Waals surface area (Å²) in [5.74, 6) is -1.13. The Morgan fingerprint density at radius 3 is 2.72 bits per heavy atom. The Hall–Kier alpha value is -1.13. The zero-order chi connectivity index (χ0) is 13.2. The lowest BCUT2D eigenvalue weighted by molar-refractivity contribution is 0.0834. The molecule has 0 saturated heterocycles. The van der Waals surface area contributed by atoms with E-state index in [9.17, 15) is 14.3 Å². The number of aliphatic hydroxyl groups is 1. The zero-order valence-electron chi connectivity index (χ0n) is 9.88. The van der Waals surface area contributed by atoms with E-state index in [2.05, 4.69) is 5.32 Å². The van der Waals surface area contributed by atoms with Crippen molar-refractivity contribution in [2.45, 2.75) is 31.2 Å². The molecule has 1 aliphatic rings. The van der Waals surface area contributed by atoms with E-state index in [1.165, 1.54) is 12.1 Å². The molecule has 18 heavy (non-hydrogen) atoms. The van der Waals surface area contributed by atoms with Crippen LogP contribution in [0.15, 0.2) is 18.2 Å². The quantitative estimate of drug-likeness (QED) is 0.887. The van der Waals surface area contributed by atoms with E-state index in [4.69, 9.17) is 11.6 Å². The average molecular weight is 272 g/mol. The Bertz CT molecular complexity index is 458. The van der Waals surface area contributed by atoms with Crippen molar-refractivity contribution in [1.29, 1.82) is 0 Å². The number of rotatable bonds is 3. The number of amides is 1. The maximum Gasteiger partial charge on any atom is 0.254 e. The number of nitrogens with one attached hydrogen (secondary N) is 1. The molecule has 1 fully saturated rings. The molecule has 1 aromatic carbocycles. The Balaban J connectivity index is 2.18. The van der Waals surface area contributed by atoms with Crippen molar-refractivity contribution < 1.29 is 14.3 Å². The lowest BCUT2D eigenvalue weighted by atomic mass is 9.98. The highest BCUT2D eigenvalue weighted by molar-refractivity contribution is 6.31. The van der Waals surface area contributed by atoms with Gasteiger partial charge in [0.1, 0.15) is 5.82 Å². The minimum absolute atomic E-state index is 0.0813. The van der Waals surface area contributed by atoms with Gasteiger partial charge in [0.2, 0.25) is 0 Å². The van der Waals surface area contributed by atoms with E-state index in [0.29, 0.717) is 5.02 Å². The SMILES string of the molecule is O=C(NC1(CO)CCCC1)c1cc(Cl)ccc1F. The van der Waals surface area contributed by atoms with Crippen LogP contribution in [0.5, 0.6) is 0 Å². The first-order valence-electron chi connectivity index (χ1n) is 5.95. The van der Waals surface area contributed by atoms with Crippen LogP contribution in [0.1, 0.15) is 36.0 Å². The summed E-state index contributed by atoms with van der Waals surface area (Å²) in [5, 5.41) is 12.5. The molecule has 1 amide bonds. The fraction of sp³-hybridized carbons (Fsp3) is 0.462. The summed E-state index contributed by atoms with van der Waals surface area (Å²) in [6.45, 7) is -0.124. The molecule has 98 valence electrons. The van der Waals surface area contributed by atoms with Crippen LogP contribution in [0.4, 0.5) is 4.39 Å². The van der Waals surface area contributed by atoms with Gasteiger partial charge in [0.15, 0.2) is 0 Å². The smallest absolute Gasteiger partial charge is 0.254 e. The molecule has 0 radical (unpaired) electrons. The minimum atomic E-state index is -0.608. The van der Waals surface area contributed by atoms with Gasteiger partial charge >= 0.3 is 0 Å². The summed E-state index contributed by atoms with van der Waals surface area (Å²) < 4.78 is 13.5. The molecule has 0 aromatic heterocycles. The molecular formula is C13H15ClFNO2. The lowest BCUT2D eigenvalue weighted by Gasteiger charge is -2.28. The standard InChI is InChI=1S/C13H15ClFNO2/c14-9-3-4-11(15)10(7-9)12(18)16-13(8-17)5-1-2-6-13/h3-4,7,17H,1-2,5-6,8H2,(H,16,18). The second-order valence-electron chi connectivity index (χ2n) is 4.72. The van der Waals surface area contributed by atoms with Gasteiger partial charge in [-0.25, -0.2) is 4.39 Å². The topological polar surface area (TPSA) is 49.3 Å². The molecule has 0 atom stereocenters. The van der Waals surface area contributed by atoms with Crippen LogP contribution < -0.4 is 5.32 Å². The van der Waals surface area contributed by atoms with Crippen LogP contribution in [0.25, 0.3) is 0 Å². The van der Waals surface area contributed by atoms with Crippen molar-refractivity contribution in [2.75, 3.05) is 6.61 Å². The van der Waals surface area contributed by atoms with E-state index in [1.54, 1.807) is 0 Å². The summed E-state index contributed by atoms with van der Waals surface area (Å²) >= 11 is 5.75. The molecule has 0 unspecified atom stereocenters. The van der Waals surface area contributed by atoms with Crippen LogP contribution in [0, 0.1) is 5.82 Å². The van der Waals surface area contributed by atoms with E-state index >= 15 is 0 Å². The maximum atomic E-state index is 13.5. The number of aliphatic hydroxyl groups excluding tert-OH is 1. The first-order chi connectivity index (χ1) is 8.56. The van der Waals surface area contributed by atoms with Gasteiger partial charge in [-0.3, -0.25) is 4.79 Å². The second kappa shape index (κ2) is 5.24. The molecular weight excluding hydrogens is 257 g/mol. The van der Waals surface area contributed by atoms with Crippen LogP contribution >= 0.6 is 11.6 Å². The zero-order valence-corrected chi connectivity index (χ0v) is 10.6. The Morgan fingerprint density at radius 1 is 1.44 bits per heavy atom. The van der Waals surface area contributed by atoms with Crippen molar-refractivity contribution >= 4 is 17.5 Å². The highest BCUT2D eigenvalue weighted by Crippen LogP contribution is 2.29. The van der Waals surface area contributed by atoms with Gasteiger partial charge in [-0.15, -0.1) is 0 Å². The largest absolute Gasteiger partial charge is 0.394 e. The van der Waals surface area contributed by atoms with Gasteiger partial charge in [-0.1, -0.05) is 24.4 Å². The van der Waals surface area contributed by atoms with Gasteiger partial charge in [-0.2, -0.15) is 0 Å². The predicted molar refractivity (Wildman–Crippen MR) is 67.2 cm³/mol. The molecule has 0 spiro atoms. The predicted octanol–water partition coefficient (Wildman–Crippen LogP) is 2.51. The van der Waals surface area contributed by atoms with Crippen molar-refractivity contribution in [2.24, 2.45) is 0 Å². The first kappa shape index (κ1) is 13.3. The van der Waals surface area contributed by atoms with E-state index in [-0.39, 0.29) is 12.2 Å². The van der Waals surface area contributed by atoms with Gasteiger partial charge in [0.25, 0.3) is 5.91 Å². The molecule has 1 aromatic rings. The normalized spacial score (nSPS) is 17.7. The molecule has 5 heteroatoms. The third kappa shape index (κ3) is 2.65. The van der Waals surface area contributed by atoms with Crippen LogP contribution in [0.3, 0.4) is 0 Å². The van der Waals surface area contributed by atoms with E-state index < -0.39 is 17.3 Å². The Labute approximate surface area is 110 Å². The molecule has 2 N–H and O–H groups in total. The average Bonchev–Trinajstić information content (AvgIpc) is 2.81. The van der Waals surface area contributed by atoms with Gasteiger partial charge in [0.05, 0.1) is 17.7 Å². The molecule has 2 rings (SSSR count). The summed E-state index contributed by atoms with van der Waals surface area (Å²) in [6.07, 6.45) is 3.35. The lowest BCUT2D eigenvalue weighted by Crippen LogP contribution is -2.49. The van der Waals surface area contributed by atoms with Crippen LogP contribution in [-0.2, 0) is 0 Å². The number of carbonyl (C=O) groups is 1. The molecule has 1 aliphatic carbocycles. The highest BCUT2D eigenvalue weighted by Gasteiger charge is 2.35. The summed E-state index contributed by atoms with van der Waals surface area (Å²) in [7, 11) is 0. The molecule has 0 bridgehead atoms. The monoisotopic (exact) mass is 271 g/mol. The van der Waals surface area contributed by atoms with E-state index in [0.717, 1.165) is 31.7 Å². The van der Waals surface area contributed by atoms with Crippen molar-refractivity contribution in [1.82, 2.24) is 5.32 Å². The molecule has 3 nitrogen and oxygen atoms in total. The summed E-state index contributed by atoms with van der Waals surface area (Å²) in [4.78, 5) is 12.0. The fourth-order valence-corrected chi connectivity index (χ4v) is 2.53. The number of hydrogen-bond donors (Lipinski definition) is 2. The number of hydrogen-bond acceptors (Lipinski definition) is 2. The Kier molecular flexibility index (Phi) is 3.88. The number of benzene rings is 1. The number of carbonyl (C=O) groups excluding carboxylic acids is 1. The molecule has 1 saturated carbocycles. The minimum Gasteiger partial charge on any atom is -0.394 e. The van der Waals surface area contributed by atoms with Gasteiger partial charge < -0.3 is 10.4 Å². The van der Waals surface area contributed by atoms with Crippen molar-refractivity contribution in [3.63, 3.8) is 0 Å². The van der Waals surface area contributed by atoms with Gasteiger partial charge in [-0.05, 0) is 31.0 Å². The number of halogens is 2. The maximum absolute atomic E-state index is 13.5. The molecule has 0 heterocycles. The summed E-state index contributed by atoms with van der Waals surface area (Å²) in [6, 6.07) is 3.86. The molecule has 0 aliphatic heterocycles. The fourth-order valence-electron chi connectivity index (χ4n) is 2.35. The van der Waals surface area contributed by atoms with Gasteiger partial charge in [0, 0.05) is 5.02 Å². The van der Waals surface area contributed by atoms with Crippen molar-refractivity contribution in [3.8, 4) is 0 Å². The summed E-state index contributed by atoms with van der Waals surface area (Å²) in [5.41, 5.74) is -0.687. The second-order valence-corrected chi connectivity index (χ2v) is 5.16. The van der Waals surface area contributed by atoms with Crippen molar-refractivity contribution in [3.05, 3.63) is 34.6 Å². The third-order valence-corrected chi connectivity index (χ3v) is 3.65. The van der Waals surface area contributed by atoms with E-state index in [1.807, 2.05) is 0 Å². The highest BCUT2D eigenvalue weighted by atomic mass is 35.5. The first-order valence-corrected chi connectivity index (χ1v) is 6.32. The van der Waals surface area contributed by atoms with Crippen LogP contribution in [0.2, 0.25) is 5.02 Å². The Morgan fingerprint density at radius 2 is 2.11 bits per heavy atom. The third-order valence-electron chi connectivity index (χ3n) is 3.42.